The maximum atomic E-state index is 13.0. The molecule has 2 heterocycles. The maximum Gasteiger partial charge on any atom is 0.229 e. The Kier molecular flexibility index (Phi) is 5.36. The van der Waals surface area contributed by atoms with Crippen molar-refractivity contribution in [3.05, 3.63) is 64.7 Å². The Bertz CT molecular complexity index is 980. The molecule has 1 atom stereocenters. The number of nitriles is 1. The van der Waals surface area contributed by atoms with E-state index in [0.717, 1.165) is 27.8 Å². The lowest BCUT2D eigenvalue weighted by molar-refractivity contribution is -0.129. The molecule has 0 aromatic heterocycles. The van der Waals surface area contributed by atoms with Gasteiger partial charge in [0.2, 0.25) is 5.91 Å². The lowest BCUT2D eigenvalue weighted by Gasteiger charge is -2.42. The number of hydrogen-bond donors (Lipinski definition) is 0. The van der Waals surface area contributed by atoms with Crippen LogP contribution >= 0.6 is 11.8 Å². The summed E-state index contributed by atoms with van der Waals surface area (Å²) in [7, 11) is 3.25. The van der Waals surface area contributed by atoms with Gasteiger partial charge in [-0.3, -0.25) is 9.69 Å². The van der Waals surface area contributed by atoms with Gasteiger partial charge in [-0.2, -0.15) is 5.26 Å². The monoisotopic (exact) mass is 407 g/mol. The lowest BCUT2D eigenvalue weighted by Crippen LogP contribution is -2.47. The van der Waals surface area contributed by atoms with Gasteiger partial charge >= 0.3 is 0 Å². The third-order valence-corrected chi connectivity index (χ3v) is 6.40. The molecule has 1 saturated heterocycles. The predicted octanol–water partition coefficient (Wildman–Crippen LogP) is 3.92. The number of hydrogen-bond acceptors (Lipinski definition) is 6. The minimum Gasteiger partial charge on any atom is -0.497 e. The number of methoxy groups -OCH3 is 2. The Morgan fingerprint density at radius 3 is 2.24 bits per heavy atom. The first-order valence-electron chi connectivity index (χ1n) is 9.25. The van der Waals surface area contributed by atoms with Gasteiger partial charge in [0.15, 0.2) is 0 Å². The van der Waals surface area contributed by atoms with Gasteiger partial charge in [0.05, 0.1) is 43.4 Å². The molecule has 4 rings (SSSR count). The first kappa shape index (κ1) is 19.2. The van der Waals surface area contributed by atoms with Crippen molar-refractivity contribution in [1.82, 2.24) is 4.90 Å². The zero-order chi connectivity index (χ0) is 20.4. The molecule has 1 amide bonds. The predicted molar refractivity (Wildman–Crippen MR) is 113 cm³/mol. The molecule has 29 heavy (non-hydrogen) atoms. The van der Waals surface area contributed by atoms with Crippen LogP contribution in [0.2, 0.25) is 0 Å². The molecule has 2 aromatic carbocycles. The second kappa shape index (κ2) is 8.10. The van der Waals surface area contributed by atoms with Gasteiger partial charge < -0.3 is 14.4 Å². The Morgan fingerprint density at radius 1 is 1.03 bits per heavy atom. The molecule has 2 aliphatic rings. The topological polar surface area (TPSA) is 65.8 Å². The summed E-state index contributed by atoms with van der Waals surface area (Å²) >= 11 is 1.53. The van der Waals surface area contributed by atoms with E-state index in [2.05, 4.69) is 11.0 Å². The van der Waals surface area contributed by atoms with Gasteiger partial charge in [-0.05, 0) is 42.0 Å². The molecule has 0 spiro atoms. The first-order chi connectivity index (χ1) is 14.1. The Morgan fingerprint density at radius 2 is 1.66 bits per heavy atom. The zero-order valence-corrected chi connectivity index (χ0v) is 17.1. The van der Waals surface area contributed by atoms with Crippen LogP contribution in [0.4, 0.5) is 5.69 Å². The van der Waals surface area contributed by atoms with Crippen LogP contribution in [0.25, 0.3) is 0 Å². The van der Waals surface area contributed by atoms with Crippen LogP contribution in [-0.4, -0.2) is 37.6 Å². The quantitative estimate of drug-likeness (QED) is 0.765. The van der Waals surface area contributed by atoms with Gasteiger partial charge in [0.1, 0.15) is 11.5 Å². The van der Waals surface area contributed by atoms with Crippen molar-refractivity contribution in [3.8, 4) is 17.6 Å². The number of anilines is 1. The molecule has 148 valence electrons. The summed E-state index contributed by atoms with van der Waals surface area (Å²) in [5.74, 6) is 2.04. The fourth-order valence-electron chi connectivity index (χ4n) is 3.64. The number of nitrogens with zero attached hydrogens (tertiary/aromatic N) is 3. The minimum absolute atomic E-state index is 0.0329. The van der Waals surface area contributed by atoms with Crippen molar-refractivity contribution in [3.63, 3.8) is 0 Å². The fraction of sp³-hybridized carbons (Fsp3) is 0.273. The van der Waals surface area contributed by atoms with E-state index in [-0.39, 0.29) is 18.2 Å². The molecule has 0 bridgehead atoms. The van der Waals surface area contributed by atoms with E-state index in [0.29, 0.717) is 18.1 Å². The summed E-state index contributed by atoms with van der Waals surface area (Å²) in [6.45, 7) is 0.439. The van der Waals surface area contributed by atoms with E-state index in [1.165, 1.54) is 11.8 Å². The molecule has 0 N–H and O–H groups in total. The summed E-state index contributed by atoms with van der Waals surface area (Å²) in [5.41, 5.74) is 2.64. The first-order valence-corrected chi connectivity index (χ1v) is 10.2. The third kappa shape index (κ3) is 3.64. The second-order valence-corrected chi connectivity index (χ2v) is 7.77. The van der Waals surface area contributed by atoms with Gasteiger partial charge in [-0.25, -0.2) is 0 Å². The number of carbonyl (C=O) groups excluding carboxylic acids is 1. The van der Waals surface area contributed by atoms with Gasteiger partial charge in [0.25, 0.3) is 0 Å². The molecule has 0 unspecified atom stereocenters. The average Bonchev–Trinajstić information content (AvgIpc) is 2.79. The van der Waals surface area contributed by atoms with Crippen molar-refractivity contribution < 1.29 is 14.3 Å². The van der Waals surface area contributed by atoms with Crippen LogP contribution in [0.1, 0.15) is 17.9 Å². The summed E-state index contributed by atoms with van der Waals surface area (Å²) in [6.07, 6.45) is 0.287. The second-order valence-electron chi connectivity index (χ2n) is 6.83. The molecular weight excluding hydrogens is 386 g/mol. The minimum atomic E-state index is -0.218. The van der Waals surface area contributed by atoms with Crippen LogP contribution in [0.5, 0.6) is 11.5 Å². The SMILES string of the molecule is COc1ccc([C@@H]2CC(=O)N3CN(c4ccc(OC)cc4)CSC3=C2C#N)cc1. The van der Waals surface area contributed by atoms with Crippen molar-refractivity contribution in [2.45, 2.75) is 12.3 Å². The molecule has 0 aliphatic carbocycles. The Balaban J connectivity index is 1.61. The van der Waals surface area contributed by atoms with E-state index < -0.39 is 0 Å². The molecule has 2 aromatic rings. The largest absolute Gasteiger partial charge is 0.497 e. The van der Waals surface area contributed by atoms with Crippen LogP contribution < -0.4 is 14.4 Å². The van der Waals surface area contributed by atoms with Crippen molar-refractivity contribution >= 4 is 23.4 Å². The number of thioether (sulfide) groups is 1. The molecule has 1 fully saturated rings. The van der Waals surface area contributed by atoms with E-state index in [9.17, 15) is 10.1 Å². The van der Waals surface area contributed by atoms with E-state index in [1.54, 1.807) is 19.1 Å². The number of amides is 1. The molecular formula is C22H21N3O3S. The summed E-state index contributed by atoms with van der Waals surface area (Å²) in [5, 5.41) is 10.7. The van der Waals surface area contributed by atoms with Crippen LogP contribution in [0.15, 0.2) is 59.1 Å². The Labute approximate surface area is 174 Å². The summed E-state index contributed by atoms with van der Waals surface area (Å²) in [4.78, 5) is 16.8. The molecule has 2 aliphatic heterocycles. The van der Waals surface area contributed by atoms with Gasteiger partial charge in [-0.1, -0.05) is 23.9 Å². The average molecular weight is 407 g/mol. The smallest absolute Gasteiger partial charge is 0.229 e. The van der Waals surface area contributed by atoms with Crippen molar-refractivity contribution in [2.75, 3.05) is 31.7 Å². The number of rotatable bonds is 4. The van der Waals surface area contributed by atoms with Crippen molar-refractivity contribution in [1.29, 1.82) is 5.26 Å². The molecule has 0 saturated carbocycles. The highest BCUT2D eigenvalue weighted by Crippen LogP contribution is 2.43. The van der Waals surface area contributed by atoms with Gasteiger partial charge in [0, 0.05) is 18.0 Å². The van der Waals surface area contributed by atoms with Crippen LogP contribution in [0.3, 0.4) is 0 Å². The highest BCUT2D eigenvalue weighted by atomic mass is 32.2. The van der Waals surface area contributed by atoms with Crippen LogP contribution in [-0.2, 0) is 4.79 Å². The van der Waals surface area contributed by atoms with E-state index in [4.69, 9.17) is 9.47 Å². The number of ether oxygens (including phenoxy) is 2. The summed E-state index contributed by atoms with van der Waals surface area (Å²) < 4.78 is 10.4. The highest BCUT2D eigenvalue weighted by Gasteiger charge is 2.38. The number of allylic oxidation sites excluding steroid dienone is 1. The van der Waals surface area contributed by atoms with E-state index >= 15 is 0 Å². The Hall–Kier alpha value is -3.11. The number of fused-ring (bicyclic) bond motifs is 1. The fourth-order valence-corrected chi connectivity index (χ4v) is 4.81. The number of carbonyl (C=O) groups is 1. The normalized spacial score (nSPS) is 18.9. The molecule has 0 radical (unpaired) electrons. The van der Waals surface area contributed by atoms with E-state index in [1.807, 2.05) is 48.5 Å². The molecule has 6 nitrogen and oxygen atoms in total. The third-order valence-electron chi connectivity index (χ3n) is 5.25. The highest BCUT2D eigenvalue weighted by molar-refractivity contribution is 8.03. The lowest BCUT2D eigenvalue weighted by atomic mass is 9.86. The standard InChI is InChI=1S/C22H21N3O3S/c1-27-17-7-3-15(4-8-17)19-11-21(26)25-13-24(14-29-22(25)20(19)12-23)16-5-9-18(28-2)10-6-16/h3-10,19H,11,13-14H2,1-2H3/t19-/m0/s1. The molecule has 7 heteroatoms. The zero-order valence-electron chi connectivity index (χ0n) is 16.3. The maximum absolute atomic E-state index is 13.0. The van der Waals surface area contributed by atoms with Crippen LogP contribution in [0, 0.1) is 11.3 Å². The van der Waals surface area contributed by atoms with Crippen molar-refractivity contribution in [2.24, 2.45) is 0 Å². The summed E-state index contributed by atoms with van der Waals surface area (Å²) in [6, 6.07) is 17.7. The number of benzene rings is 2. The van der Waals surface area contributed by atoms with Gasteiger partial charge in [-0.15, -0.1) is 0 Å².